The van der Waals surface area contributed by atoms with Crippen molar-refractivity contribution in [3.63, 3.8) is 0 Å². The highest BCUT2D eigenvalue weighted by Gasteiger charge is 2.43. The molecule has 2 aliphatic heterocycles. The first-order valence-electron chi connectivity index (χ1n) is 7.97. The van der Waals surface area contributed by atoms with Crippen LogP contribution in [-0.2, 0) is 11.2 Å². The number of carbonyl (C=O) groups excluding carboxylic acids is 2. The van der Waals surface area contributed by atoms with Crippen LogP contribution in [0.5, 0.6) is 0 Å². The molecule has 0 bridgehead atoms. The normalized spacial score (nSPS) is 22.4. The maximum Gasteiger partial charge on any atom is 0.251 e. The molecule has 0 radical (unpaired) electrons. The SMILES string of the molecule is O=C(N[C@H]1CC(=O)N2CCc3ccccc3[C@@H]12)c1ccccc1. The number of hydrogen-bond donors (Lipinski definition) is 1. The molecule has 0 saturated carbocycles. The highest BCUT2D eigenvalue weighted by atomic mass is 16.2. The van der Waals surface area contributed by atoms with E-state index >= 15 is 0 Å². The summed E-state index contributed by atoms with van der Waals surface area (Å²) in [7, 11) is 0. The predicted octanol–water partition coefficient (Wildman–Crippen LogP) is 2.31. The molecule has 2 heterocycles. The average Bonchev–Trinajstić information content (AvgIpc) is 2.92. The molecule has 0 aliphatic carbocycles. The lowest BCUT2D eigenvalue weighted by molar-refractivity contribution is -0.129. The van der Waals surface area contributed by atoms with Crippen molar-refractivity contribution in [3.05, 3.63) is 71.3 Å². The summed E-state index contributed by atoms with van der Waals surface area (Å²) in [5, 5.41) is 3.06. The fourth-order valence-electron chi connectivity index (χ4n) is 3.70. The molecular formula is C19H18N2O2. The molecule has 2 aromatic carbocycles. The van der Waals surface area contributed by atoms with Crippen LogP contribution in [0.25, 0.3) is 0 Å². The van der Waals surface area contributed by atoms with Crippen molar-refractivity contribution in [1.29, 1.82) is 0 Å². The molecule has 2 aliphatic rings. The van der Waals surface area contributed by atoms with Crippen LogP contribution in [0.1, 0.15) is 33.9 Å². The van der Waals surface area contributed by atoms with Crippen molar-refractivity contribution in [2.75, 3.05) is 6.54 Å². The Bertz CT molecular complexity index is 757. The number of nitrogens with one attached hydrogen (secondary N) is 1. The van der Waals surface area contributed by atoms with Crippen LogP contribution in [0.2, 0.25) is 0 Å². The van der Waals surface area contributed by atoms with E-state index in [1.165, 1.54) is 11.1 Å². The van der Waals surface area contributed by atoms with Gasteiger partial charge in [0.15, 0.2) is 0 Å². The Morgan fingerprint density at radius 2 is 1.78 bits per heavy atom. The lowest BCUT2D eigenvalue weighted by Gasteiger charge is -2.34. The molecule has 4 heteroatoms. The molecule has 23 heavy (non-hydrogen) atoms. The summed E-state index contributed by atoms with van der Waals surface area (Å²) in [6.45, 7) is 0.734. The maximum absolute atomic E-state index is 12.5. The number of fused-ring (bicyclic) bond motifs is 3. The van der Waals surface area contributed by atoms with Crippen LogP contribution in [0.15, 0.2) is 54.6 Å². The van der Waals surface area contributed by atoms with Gasteiger partial charge in [-0.05, 0) is 29.7 Å². The first-order valence-corrected chi connectivity index (χ1v) is 7.97. The molecule has 1 fully saturated rings. The van der Waals surface area contributed by atoms with Crippen molar-refractivity contribution in [1.82, 2.24) is 10.2 Å². The van der Waals surface area contributed by atoms with Crippen molar-refractivity contribution in [2.24, 2.45) is 0 Å². The lowest BCUT2D eigenvalue weighted by atomic mass is 9.90. The second kappa shape index (κ2) is 5.54. The summed E-state index contributed by atoms with van der Waals surface area (Å²) in [4.78, 5) is 26.7. The molecule has 4 rings (SSSR count). The minimum Gasteiger partial charge on any atom is -0.346 e. The van der Waals surface area contributed by atoms with Crippen LogP contribution in [0.4, 0.5) is 0 Å². The Balaban J connectivity index is 1.63. The Morgan fingerprint density at radius 3 is 2.61 bits per heavy atom. The Hall–Kier alpha value is -2.62. The summed E-state index contributed by atoms with van der Waals surface area (Å²) in [5.41, 5.74) is 3.08. The molecule has 4 nitrogen and oxygen atoms in total. The zero-order valence-corrected chi connectivity index (χ0v) is 12.7. The Kier molecular flexibility index (Phi) is 3.37. The number of rotatable bonds is 2. The van der Waals surface area contributed by atoms with E-state index in [9.17, 15) is 9.59 Å². The molecule has 1 saturated heterocycles. The monoisotopic (exact) mass is 306 g/mol. The second-order valence-electron chi connectivity index (χ2n) is 6.13. The summed E-state index contributed by atoms with van der Waals surface area (Å²) < 4.78 is 0. The fourth-order valence-corrected chi connectivity index (χ4v) is 3.70. The van der Waals surface area contributed by atoms with Gasteiger partial charge in [0, 0.05) is 18.5 Å². The van der Waals surface area contributed by atoms with Gasteiger partial charge >= 0.3 is 0 Å². The van der Waals surface area contributed by atoms with Crippen molar-refractivity contribution in [3.8, 4) is 0 Å². The molecule has 2 atom stereocenters. The largest absolute Gasteiger partial charge is 0.346 e. The average molecular weight is 306 g/mol. The minimum atomic E-state index is -0.170. The maximum atomic E-state index is 12.5. The molecule has 116 valence electrons. The highest BCUT2D eigenvalue weighted by Crippen LogP contribution is 2.38. The van der Waals surface area contributed by atoms with Crippen molar-refractivity contribution >= 4 is 11.8 Å². The molecular weight excluding hydrogens is 288 g/mol. The Labute approximate surface area is 135 Å². The van der Waals surface area contributed by atoms with Gasteiger partial charge in [-0.1, -0.05) is 42.5 Å². The standard InChI is InChI=1S/C19H18N2O2/c22-17-12-16(20-19(23)14-7-2-1-3-8-14)18-15-9-5-4-6-13(15)10-11-21(17)18/h1-9,16,18H,10-12H2,(H,20,23)/t16-,18-/m0/s1. The topological polar surface area (TPSA) is 49.4 Å². The van der Waals surface area contributed by atoms with Gasteiger partial charge in [0.2, 0.25) is 5.91 Å². The van der Waals surface area contributed by atoms with E-state index < -0.39 is 0 Å². The van der Waals surface area contributed by atoms with Gasteiger partial charge in [-0.15, -0.1) is 0 Å². The zero-order valence-electron chi connectivity index (χ0n) is 12.7. The van der Waals surface area contributed by atoms with Gasteiger partial charge in [0.05, 0.1) is 12.1 Å². The lowest BCUT2D eigenvalue weighted by Crippen LogP contribution is -2.42. The molecule has 2 aromatic rings. The van der Waals surface area contributed by atoms with E-state index in [0.29, 0.717) is 12.0 Å². The van der Waals surface area contributed by atoms with E-state index in [-0.39, 0.29) is 23.9 Å². The fraction of sp³-hybridized carbons (Fsp3) is 0.263. The molecule has 0 aromatic heterocycles. The third-order valence-electron chi connectivity index (χ3n) is 4.78. The highest BCUT2D eigenvalue weighted by molar-refractivity contribution is 5.95. The van der Waals surface area contributed by atoms with Gasteiger partial charge in [-0.25, -0.2) is 0 Å². The first-order chi connectivity index (χ1) is 11.2. The van der Waals surface area contributed by atoms with Gasteiger partial charge in [-0.3, -0.25) is 9.59 Å². The van der Waals surface area contributed by atoms with Crippen LogP contribution >= 0.6 is 0 Å². The van der Waals surface area contributed by atoms with Crippen LogP contribution < -0.4 is 5.32 Å². The van der Waals surface area contributed by atoms with Gasteiger partial charge in [0.1, 0.15) is 0 Å². The van der Waals surface area contributed by atoms with E-state index in [0.717, 1.165) is 13.0 Å². The minimum absolute atomic E-state index is 0.0416. The summed E-state index contributed by atoms with van der Waals surface area (Å²) >= 11 is 0. The first kappa shape index (κ1) is 14.0. The van der Waals surface area contributed by atoms with Crippen molar-refractivity contribution in [2.45, 2.75) is 24.9 Å². The predicted molar refractivity (Wildman–Crippen MR) is 86.9 cm³/mol. The molecule has 2 amide bonds. The van der Waals surface area contributed by atoms with Crippen LogP contribution in [0, 0.1) is 0 Å². The summed E-state index contributed by atoms with van der Waals surface area (Å²) in [6, 6.07) is 17.2. The van der Waals surface area contributed by atoms with Crippen molar-refractivity contribution < 1.29 is 9.59 Å². The van der Waals surface area contributed by atoms with Gasteiger partial charge in [0.25, 0.3) is 5.91 Å². The van der Waals surface area contributed by atoms with E-state index in [1.54, 1.807) is 12.1 Å². The molecule has 0 spiro atoms. The zero-order chi connectivity index (χ0) is 15.8. The number of amides is 2. The van der Waals surface area contributed by atoms with Gasteiger partial charge < -0.3 is 10.2 Å². The van der Waals surface area contributed by atoms with Crippen LogP contribution in [-0.4, -0.2) is 29.3 Å². The van der Waals surface area contributed by atoms with E-state index in [2.05, 4.69) is 17.4 Å². The number of nitrogens with zero attached hydrogens (tertiary/aromatic N) is 1. The number of hydrogen-bond acceptors (Lipinski definition) is 2. The van der Waals surface area contributed by atoms with E-state index in [1.807, 2.05) is 35.2 Å². The Morgan fingerprint density at radius 1 is 1.04 bits per heavy atom. The summed E-state index contributed by atoms with van der Waals surface area (Å²) in [5.74, 6) is 0.0103. The van der Waals surface area contributed by atoms with E-state index in [4.69, 9.17) is 0 Å². The smallest absolute Gasteiger partial charge is 0.251 e. The number of benzene rings is 2. The van der Waals surface area contributed by atoms with Crippen LogP contribution in [0.3, 0.4) is 0 Å². The summed E-state index contributed by atoms with van der Waals surface area (Å²) in [6.07, 6.45) is 1.26. The molecule has 1 N–H and O–H groups in total. The molecule has 0 unspecified atom stereocenters. The third kappa shape index (κ3) is 2.40. The third-order valence-corrected chi connectivity index (χ3v) is 4.78. The number of carbonyl (C=O) groups is 2. The second-order valence-corrected chi connectivity index (χ2v) is 6.13. The van der Waals surface area contributed by atoms with Gasteiger partial charge in [-0.2, -0.15) is 0 Å². The quantitative estimate of drug-likeness (QED) is 0.925.